The molecule has 0 aliphatic carbocycles. The second-order valence-electron chi connectivity index (χ2n) is 3.56. The van der Waals surface area contributed by atoms with E-state index in [1.165, 1.54) is 7.05 Å². The fourth-order valence-corrected chi connectivity index (χ4v) is 1.85. The first-order chi connectivity index (χ1) is 8.43. The monoisotopic (exact) mass is 381 g/mol. The number of benzene rings is 1. The summed E-state index contributed by atoms with van der Waals surface area (Å²) >= 11 is 8.15. The van der Waals surface area contributed by atoms with Crippen molar-refractivity contribution in [2.45, 2.75) is 13.0 Å². The van der Waals surface area contributed by atoms with Crippen molar-refractivity contribution in [1.82, 2.24) is 10.6 Å². The zero-order chi connectivity index (χ0) is 13.7. The highest BCUT2D eigenvalue weighted by atomic mass is 127. The van der Waals surface area contributed by atoms with Crippen LogP contribution in [0.3, 0.4) is 0 Å². The van der Waals surface area contributed by atoms with E-state index in [4.69, 9.17) is 11.6 Å². The predicted octanol–water partition coefficient (Wildman–Crippen LogP) is 2.20. The van der Waals surface area contributed by atoms with Gasteiger partial charge in [-0.2, -0.15) is 0 Å². The maximum atomic E-state index is 11.6. The second kappa shape index (κ2) is 6.79. The lowest BCUT2D eigenvalue weighted by Crippen LogP contribution is -2.44. The number of halogens is 2. The highest BCUT2D eigenvalue weighted by molar-refractivity contribution is 14.1. The SMILES string of the molecule is CNC(=O)NC(=O)C(C)Nc1cc(I)ccc1Cl. The number of urea groups is 1. The van der Waals surface area contributed by atoms with Crippen molar-refractivity contribution in [1.29, 1.82) is 0 Å². The highest BCUT2D eigenvalue weighted by Gasteiger charge is 2.16. The molecule has 0 fully saturated rings. The van der Waals surface area contributed by atoms with E-state index < -0.39 is 18.0 Å². The molecule has 5 nitrogen and oxygen atoms in total. The molecule has 1 aromatic carbocycles. The quantitative estimate of drug-likeness (QED) is 0.703. The lowest BCUT2D eigenvalue weighted by Gasteiger charge is -2.15. The van der Waals surface area contributed by atoms with E-state index in [1.807, 2.05) is 12.1 Å². The topological polar surface area (TPSA) is 70.2 Å². The highest BCUT2D eigenvalue weighted by Crippen LogP contribution is 2.24. The lowest BCUT2D eigenvalue weighted by atomic mass is 10.2. The molecule has 3 amide bonds. The lowest BCUT2D eigenvalue weighted by molar-refractivity contribution is -0.120. The van der Waals surface area contributed by atoms with E-state index in [2.05, 4.69) is 38.5 Å². The molecular formula is C11H13ClIN3O2. The van der Waals surface area contributed by atoms with Crippen LogP contribution in [0.1, 0.15) is 6.92 Å². The first kappa shape index (κ1) is 15.0. The second-order valence-corrected chi connectivity index (χ2v) is 5.21. The third kappa shape index (κ3) is 4.34. The summed E-state index contributed by atoms with van der Waals surface area (Å²) in [6.07, 6.45) is 0. The normalized spacial score (nSPS) is 11.6. The van der Waals surface area contributed by atoms with Crippen molar-refractivity contribution in [3.63, 3.8) is 0 Å². The average Bonchev–Trinajstić information content (AvgIpc) is 2.33. The van der Waals surface area contributed by atoms with Crippen LogP contribution in [0.25, 0.3) is 0 Å². The van der Waals surface area contributed by atoms with Crippen molar-refractivity contribution in [3.05, 3.63) is 26.8 Å². The first-order valence-electron chi connectivity index (χ1n) is 5.18. The smallest absolute Gasteiger partial charge is 0.321 e. The van der Waals surface area contributed by atoms with E-state index in [0.717, 1.165) is 3.57 Å². The molecule has 1 aromatic rings. The van der Waals surface area contributed by atoms with Crippen LogP contribution in [0.15, 0.2) is 18.2 Å². The first-order valence-corrected chi connectivity index (χ1v) is 6.64. The van der Waals surface area contributed by atoms with E-state index in [1.54, 1.807) is 13.0 Å². The number of hydrogen-bond donors (Lipinski definition) is 3. The Morgan fingerprint density at radius 1 is 1.39 bits per heavy atom. The van der Waals surface area contributed by atoms with Crippen LogP contribution in [0, 0.1) is 3.57 Å². The number of hydrogen-bond acceptors (Lipinski definition) is 3. The van der Waals surface area contributed by atoms with Crippen LogP contribution >= 0.6 is 34.2 Å². The van der Waals surface area contributed by atoms with Crippen molar-refractivity contribution >= 4 is 51.8 Å². The number of anilines is 1. The maximum Gasteiger partial charge on any atom is 0.321 e. The Morgan fingerprint density at radius 3 is 2.67 bits per heavy atom. The number of rotatable bonds is 3. The minimum atomic E-state index is -0.571. The van der Waals surface area contributed by atoms with Crippen LogP contribution in [0.4, 0.5) is 10.5 Å². The van der Waals surface area contributed by atoms with Gasteiger partial charge in [0, 0.05) is 10.6 Å². The van der Waals surface area contributed by atoms with Gasteiger partial charge >= 0.3 is 6.03 Å². The molecule has 3 N–H and O–H groups in total. The Labute approximate surface area is 124 Å². The molecule has 0 aliphatic rings. The van der Waals surface area contributed by atoms with Crippen LogP contribution < -0.4 is 16.0 Å². The fraction of sp³-hybridized carbons (Fsp3) is 0.273. The van der Waals surface area contributed by atoms with Gasteiger partial charge in [-0.15, -0.1) is 0 Å². The summed E-state index contributed by atoms with van der Waals surface area (Å²) in [5.74, 6) is -0.427. The molecule has 18 heavy (non-hydrogen) atoms. The molecule has 1 rings (SSSR count). The fourth-order valence-electron chi connectivity index (χ4n) is 1.19. The minimum absolute atomic E-state index is 0.427. The third-order valence-corrected chi connectivity index (χ3v) is 3.16. The maximum absolute atomic E-state index is 11.6. The van der Waals surface area contributed by atoms with Crippen LogP contribution in [0.5, 0.6) is 0 Å². The van der Waals surface area contributed by atoms with Gasteiger partial charge in [-0.3, -0.25) is 10.1 Å². The molecule has 0 spiro atoms. The van der Waals surface area contributed by atoms with Gasteiger partial charge < -0.3 is 10.6 Å². The third-order valence-electron chi connectivity index (χ3n) is 2.16. The van der Waals surface area contributed by atoms with Crippen molar-refractivity contribution in [2.24, 2.45) is 0 Å². The molecule has 0 bridgehead atoms. The molecule has 0 aliphatic heterocycles. The predicted molar refractivity (Wildman–Crippen MR) is 79.9 cm³/mol. The van der Waals surface area contributed by atoms with Crippen LogP contribution in [-0.4, -0.2) is 25.0 Å². The molecular weight excluding hydrogens is 368 g/mol. The molecule has 1 atom stereocenters. The Balaban J connectivity index is 2.69. The number of carbonyl (C=O) groups excluding carboxylic acids is 2. The van der Waals surface area contributed by atoms with Crippen LogP contribution in [-0.2, 0) is 4.79 Å². The number of amides is 3. The molecule has 0 saturated heterocycles. The zero-order valence-corrected chi connectivity index (χ0v) is 12.8. The number of nitrogens with one attached hydrogen (secondary N) is 3. The molecule has 0 radical (unpaired) electrons. The standard InChI is InChI=1S/C11H13ClIN3O2/c1-6(10(17)16-11(18)14-2)15-9-5-7(13)3-4-8(9)12/h3-6,15H,1-2H3,(H2,14,16,17,18). The Morgan fingerprint density at radius 2 is 2.06 bits per heavy atom. The van der Waals surface area contributed by atoms with Crippen molar-refractivity contribution < 1.29 is 9.59 Å². The average molecular weight is 382 g/mol. The Kier molecular flexibility index (Phi) is 5.67. The molecule has 0 saturated carbocycles. The van der Waals surface area contributed by atoms with Gasteiger partial charge in [0.1, 0.15) is 6.04 Å². The van der Waals surface area contributed by atoms with Crippen molar-refractivity contribution in [3.8, 4) is 0 Å². The number of carbonyl (C=O) groups is 2. The summed E-state index contributed by atoms with van der Waals surface area (Å²) in [7, 11) is 1.44. The summed E-state index contributed by atoms with van der Waals surface area (Å²) < 4.78 is 0.999. The molecule has 0 aromatic heterocycles. The summed E-state index contributed by atoms with van der Waals surface area (Å²) in [6, 6.07) is 4.32. The van der Waals surface area contributed by atoms with Gasteiger partial charge in [0.2, 0.25) is 5.91 Å². The Bertz CT molecular complexity index is 468. The zero-order valence-electron chi connectivity index (χ0n) is 9.88. The van der Waals surface area contributed by atoms with Gasteiger partial charge in [-0.05, 0) is 47.7 Å². The van der Waals surface area contributed by atoms with E-state index in [0.29, 0.717) is 10.7 Å². The van der Waals surface area contributed by atoms with E-state index in [-0.39, 0.29) is 0 Å². The van der Waals surface area contributed by atoms with Crippen LogP contribution in [0.2, 0.25) is 5.02 Å². The van der Waals surface area contributed by atoms with Gasteiger partial charge in [-0.1, -0.05) is 11.6 Å². The largest absolute Gasteiger partial charge is 0.373 e. The summed E-state index contributed by atoms with van der Waals surface area (Å²) in [6.45, 7) is 1.65. The summed E-state index contributed by atoms with van der Waals surface area (Å²) in [4.78, 5) is 22.6. The van der Waals surface area contributed by atoms with E-state index in [9.17, 15) is 9.59 Å². The van der Waals surface area contributed by atoms with Gasteiger partial charge in [0.25, 0.3) is 0 Å². The van der Waals surface area contributed by atoms with Gasteiger partial charge in [-0.25, -0.2) is 4.79 Å². The van der Waals surface area contributed by atoms with Crippen molar-refractivity contribution in [2.75, 3.05) is 12.4 Å². The van der Waals surface area contributed by atoms with E-state index >= 15 is 0 Å². The molecule has 98 valence electrons. The molecule has 1 unspecified atom stereocenters. The Hall–Kier alpha value is -1.02. The number of imide groups is 1. The van der Waals surface area contributed by atoms with Gasteiger partial charge in [0.05, 0.1) is 10.7 Å². The minimum Gasteiger partial charge on any atom is -0.373 e. The molecule has 7 heteroatoms. The summed E-state index contributed by atoms with van der Waals surface area (Å²) in [5.41, 5.74) is 0.656. The summed E-state index contributed by atoms with van der Waals surface area (Å²) in [5, 5.41) is 7.97. The van der Waals surface area contributed by atoms with Gasteiger partial charge in [0.15, 0.2) is 0 Å². The molecule has 0 heterocycles.